The highest BCUT2D eigenvalue weighted by Crippen LogP contribution is 2.50. The Morgan fingerprint density at radius 3 is 1.75 bits per heavy atom. The quantitative estimate of drug-likeness (QED) is 0.170. The van der Waals surface area contributed by atoms with E-state index in [1.54, 1.807) is 0 Å². The lowest BCUT2D eigenvalue weighted by Gasteiger charge is -2.20. The normalized spacial score (nSPS) is 13.2. The Bertz CT molecular complexity index is 4620. The number of para-hydroxylation sites is 2. The van der Waals surface area contributed by atoms with Crippen LogP contribution in [0.4, 0.5) is 0 Å². The Balaban J connectivity index is 1.13. The molecule has 0 aliphatic rings. The maximum Gasteiger partial charge on any atom is 0.146 e. The summed E-state index contributed by atoms with van der Waals surface area (Å²) in [7, 11) is 0. The lowest BCUT2D eigenvalue weighted by Crippen LogP contribution is -2.11. The molecule has 0 unspecified atom stereocenters. The summed E-state index contributed by atoms with van der Waals surface area (Å²) in [4.78, 5) is 5.98. The molecule has 0 aliphatic carbocycles. The molecular weight excluding hydrogens is 813 g/mol. The van der Waals surface area contributed by atoms with Gasteiger partial charge in [-0.3, -0.25) is 4.40 Å². The fraction of sp³-hybridized carbons (Fsp3) is 0.127. The minimum atomic E-state index is -0.0529. The topological polar surface area (TPSA) is 26.6 Å². The summed E-state index contributed by atoms with van der Waals surface area (Å²) in [5, 5.41) is 16.3. The molecule has 15 aromatic rings. The maximum absolute atomic E-state index is 5.98. The van der Waals surface area contributed by atoms with E-state index >= 15 is 0 Å². The van der Waals surface area contributed by atoms with Gasteiger partial charge in [0.25, 0.3) is 0 Å². The third-order valence-corrected chi connectivity index (χ3v) is 15.3. The van der Waals surface area contributed by atoms with Crippen LogP contribution < -0.4 is 0 Å². The average molecular weight is 859 g/mol. The highest BCUT2D eigenvalue weighted by Gasteiger charge is 2.29. The van der Waals surface area contributed by atoms with Gasteiger partial charge in [-0.05, 0) is 122 Å². The predicted molar refractivity (Wildman–Crippen MR) is 286 cm³/mol. The zero-order chi connectivity index (χ0) is 44.8. The molecule has 318 valence electrons. The third kappa shape index (κ3) is 4.79. The minimum absolute atomic E-state index is 0.0322. The first-order valence-corrected chi connectivity index (χ1v) is 23.7. The molecule has 67 heavy (non-hydrogen) atoms. The SMILES string of the molecule is CC(C)(C)c1ccc2c(c1)c1cc(C(C)(C)C)cc3c4nc5c(cc4n2c13)c1c2ccccc2cc2c3c4ccccc4cc(-c4ccc6c(c4)c4ccccc4n6-c4ccccc4)c3n5c21. The van der Waals surface area contributed by atoms with Crippen molar-refractivity contribution in [2.75, 3.05) is 0 Å². The first-order chi connectivity index (χ1) is 32.5. The van der Waals surface area contributed by atoms with Crippen LogP contribution in [0, 0.1) is 0 Å². The van der Waals surface area contributed by atoms with Crippen molar-refractivity contribution in [1.82, 2.24) is 18.4 Å². The predicted octanol–water partition coefficient (Wildman–Crippen LogP) is 17.0. The summed E-state index contributed by atoms with van der Waals surface area (Å²) >= 11 is 0. The summed E-state index contributed by atoms with van der Waals surface area (Å²) in [5.74, 6) is 0. The summed E-state index contributed by atoms with van der Waals surface area (Å²) in [6.07, 6.45) is 0. The van der Waals surface area contributed by atoms with E-state index in [2.05, 4.69) is 225 Å². The number of nitrogens with zero attached hydrogens (tertiary/aromatic N) is 4. The lowest BCUT2D eigenvalue weighted by molar-refractivity contribution is 0.590. The van der Waals surface area contributed by atoms with E-state index in [-0.39, 0.29) is 10.8 Å². The summed E-state index contributed by atoms with van der Waals surface area (Å²) in [5.41, 5.74) is 16.8. The number of benzene rings is 9. The van der Waals surface area contributed by atoms with Crippen molar-refractivity contribution < 1.29 is 0 Å². The first kappa shape index (κ1) is 37.3. The second-order valence-corrected chi connectivity index (χ2v) is 21.2. The second-order valence-electron chi connectivity index (χ2n) is 21.2. The van der Waals surface area contributed by atoms with Crippen LogP contribution >= 0.6 is 0 Å². The van der Waals surface area contributed by atoms with Gasteiger partial charge in [-0.25, -0.2) is 4.98 Å². The molecule has 0 fully saturated rings. The van der Waals surface area contributed by atoms with Gasteiger partial charge >= 0.3 is 0 Å². The number of hydrogen-bond acceptors (Lipinski definition) is 1. The minimum Gasteiger partial charge on any atom is -0.309 e. The van der Waals surface area contributed by atoms with E-state index in [0.29, 0.717) is 0 Å². The molecule has 4 heteroatoms. The molecule has 6 aromatic heterocycles. The fourth-order valence-electron chi connectivity index (χ4n) is 12.1. The van der Waals surface area contributed by atoms with Gasteiger partial charge in [0.2, 0.25) is 0 Å². The lowest BCUT2D eigenvalue weighted by atomic mass is 9.84. The Hall–Kier alpha value is -7.95. The van der Waals surface area contributed by atoms with E-state index in [0.717, 1.165) is 22.4 Å². The fourth-order valence-corrected chi connectivity index (χ4v) is 12.1. The third-order valence-electron chi connectivity index (χ3n) is 15.3. The van der Waals surface area contributed by atoms with Crippen LogP contribution in [0.1, 0.15) is 52.7 Å². The number of fused-ring (bicyclic) bond motifs is 19. The van der Waals surface area contributed by atoms with Crippen molar-refractivity contribution in [2.24, 2.45) is 0 Å². The van der Waals surface area contributed by atoms with Gasteiger partial charge in [0.05, 0.1) is 44.1 Å². The standard InChI is InChI=1S/C63H46N4/c1-62(2,3)38-25-27-53-46(31-38)47-32-39(63(4,5)6)33-50-57-54(66(53)58(47)50)34-49-56-42-21-13-11-17-36(42)30-48-55-41-20-12-10-16-35(41)28-44(59(55)67(60(48)56)61(49)64-57)37-24-26-52-45(29-37)43-22-14-15-23-51(43)65(52)40-18-8-7-9-19-40/h7-34H,1-6H3. The van der Waals surface area contributed by atoms with Crippen molar-refractivity contribution in [3.8, 4) is 16.8 Å². The zero-order valence-corrected chi connectivity index (χ0v) is 38.5. The van der Waals surface area contributed by atoms with Gasteiger partial charge < -0.3 is 8.97 Å². The van der Waals surface area contributed by atoms with Crippen molar-refractivity contribution in [3.63, 3.8) is 0 Å². The number of hydrogen-bond donors (Lipinski definition) is 0. The van der Waals surface area contributed by atoms with E-state index in [1.165, 1.54) is 125 Å². The van der Waals surface area contributed by atoms with Crippen LogP contribution in [0.5, 0.6) is 0 Å². The highest BCUT2D eigenvalue weighted by molar-refractivity contribution is 6.36. The van der Waals surface area contributed by atoms with Crippen LogP contribution in [-0.2, 0) is 10.8 Å². The molecule has 15 rings (SSSR count). The van der Waals surface area contributed by atoms with E-state index in [9.17, 15) is 0 Å². The van der Waals surface area contributed by atoms with E-state index in [1.807, 2.05) is 0 Å². The maximum atomic E-state index is 5.98. The molecule has 0 bridgehead atoms. The van der Waals surface area contributed by atoms with Crippen molar-refractivity contribution >= 4 is 120 Å². The molecule has 0 saturated heterocycles. The van der Waals surface area contributed by atoms with E-state index in [4.69, 9.17) is 4.98 Å². The van der Waals surface area contributed by atoms with Gasteiger partial charge in [-0.15, -0.1) is 0 Å². The Kier molecular flexibility index (Phi) is 6.94. The molecule has 9 aromatic carbocycles. The number of rotatable bonds is 2. The molecule has 0 saturated carbocycles. The van der Waals surface area contributed by atoms with Gasteiger partial charge in [-0.2, -0.15) is 0 Å². The molecule has 0 N–H and O–H groups in total. The number of pyridine rings is 1. The molecular formula is C63H46N4. The molecule has 0 aliphatic heterocycles. The smallest absolute Gasteiger partial charge is 0.146 e. The van der Waals surface area contributed by atoms with Gasteiger partial charge in [0, 0.05) is 59.7 Å². The van der Waals surface area contributed by atoms with Gasteiger partial charge in [0.15, 0.2) is 0 Å². The molecule has 6 heterocycles. The summed E-state index contributed by atoms with van der Waals surface area (Å²) in [6, 6.07) is 64.0. The second kappa shape index (κ2) is 12.5. The Morgan fingerprint density at radius 2 is 0.985 bits per heavy atom. The molecule has 0 radical (unpaired) electrons. The Labute approximate surface area is 386 Å². The van der Waals surface area contributed by atoms with Crippen LogP contribution in [-0.4, -0.2) is 18.4 Å². The van der Waals surface area contributed by atoms with Crippen molar-refractivity contribution in [1.29, 1.82) is 0 Å². The van der Waals surface area contributed by atoms with Crippen LogP contribution in [0.3, 0.4) is 0 Å². The van der Waals surface area contributed by atoms with Gasteiger partial charge in [0.1, 0.15) is 5.65 Å². The first-order valence-electron chi connectivity index (χ1n) is 23.7. The zero-order valence-electron chi connectivity index (χ0n) is 38.5. The summed E-state index contributed by atoms with van der Waals surface area (Å²) in [6.45, 7) is 13.9. The molecule has 0 spiro atoms. The molecule has 4 nitrogen and oxygen atoms in total. The molecule has 0 amide bonds. The van der Waals surface area contributed by atoms with Crippen LogP contribution in [0.15, 0.2) is 170 Å². The highest BCUT2D eigenvalue weighted by atomic mass is 15.0. The number of aromatic nitrogens is 4. The van der Waals surface area contributed by atoms with Crippen LogP contribution in [0.25, 0.3) is 137 Å². The Morgan fingerprint density at radius 1 is 0.373 bits per heavy atom. The van der Waals surface area contributed by atoms with Crippen LogP contribution in [0.2, 0.25) is 0 Å². The van der Waals surface area contributed by atoms with Crippen molar-refractivity contribution in [3.05, 3.63) is 181 Å². The largest absolute Gasteiger partial charge is 0.309 e. The summed E-state index contributed by atoms with van der Waals surface area (Å²) < 4.78 is 7.48. The average Bonchev–Trinajstić information content (AvgIpc) is 4.12. The van der Waals surface area contributed by atoms with Crippen molar-refractivity contribution in [2.45, 2.75) is 52.4 Å². The molecule has 0 atom stereocenters. The van der Waals surface area contributed by atoms with Gasteiger partial charge in [-0.1, -0.05) is 139 Å². The monoisotopic (exact) mass is 858 g/mol. The van der Waals surface area contributed by atoms with E-state index < -0.39 is 0 Å².